The average Bonchev–Trinajstić information content (AvgIpc) is 3.27. The molecule has 0 bridgehead atoms. The summed E-state index contributed by atoms with van der Waals surface area (Å²) >= 11 is 0. The Morgan fingerprint density at radius 3 is 2.59 bits per heavy atom. The molecule has 2 heterocycles. The van der Waals surface area contributed by atoms with Crippen LogP contribution in [-0.4, -0.2) is 51.7 Å². The second-order valence-electron chi connectivity index (χ2n) is 7.48. The molecule has 0 radical (unpaired) electrons. The van der Waals surface area contributed by atoms with Gasteiger partial charge in [0.05, 0.1) is 5.52 Å². The van der Waals surface area contributed by atoms with Gasteiger partial charge in [0, 0.05) is 47.5 Å². The zero-order valence-corrected chi connectivity index (χ0v) is 17.2. The van der Waals surface area contributed by atoms with Crippen LogP contribution >= 0.6 is 0 Å². The van der Waals surface area contributed by atoms with Crippen molar-refractivity contribution >= 4 is 40.3 Å². The smallest absolute Gasteiger partial charge is 0.253 e. The number of nitrogens with zero attached hydrogens (tertiary/aromatic N) is 3. The van der Waals surface area contributed by atoms with Crippen LogP contribution in [0.5, 0.6) is 0 Å². The highest BCUT2D eigenvalue weighted by molar-refractivity contribution is 6.00. The Kier molecular flexibility index (Phi) is 5.80. The lowest BCUT2D eigenvalue weighted by Gasteiger charge is -2.17. The number of aromatic nitrogens is 2. The number of benzene rings is 2. The van der Waals surface area contributed by atoms with Gasteiger partial charge in [0.2, 0.25) is 17.8 Å². The van der Waals surface area contributed by atoms with Gasteiger partial charge < -0.3 is 21.3 Å². The molecule has 4 rings (SSSR count). The number of carbonyl (C=O) groups excluding carboxylic acids is 3. The fourth-order valence-corrected chi connectivity index (χ4v) is 3.56. The van der Waals surface area contributed by atoms with E-state index in [0.717, 1.165) is 11.8 Å². The van der Waals surface area contributed by atoms with E-state index in [2.05, 4.69) is 27.2 Å². The summed E-state index contributed by atoms with van der Waals surface area (Å²) in [5, 5.41) is 6.72. The second kappa shape index (κ2) is 8.84. The summed E-state index contributed by atoms with van der Waals surface area (Å²) in [5.74, 6) is -0.470. The Morgan fingerprint density at radius 2 is 1.88 bits per heavy atom. The fraction of sp³-hybridized carbons (Fsp3) is 0.174. The number of anilines is 2. The van der Waals surface area contributed by atoms with Crippen LogP contribution in [-0.2, 0) is 4.79 Å². The third-order valence-electron chi connectivity index (χ3n) is 5.26. The molecule has 1 aliphatic rings. The predicted octanol–water partition coefficient (Wildman–Crippen LogP) is 2.18. The Bertz CT molecular complexity index is 1210. The molecule has 1 aliphatic heterocycles. The number of hydrogen-bond acceptors (Lipinski definition) is 6. The van der Waals surface area contributed by atoms with E-state index in [4.69, 9.17) is 5.73 Å². The van der Waals surface area contributed by atoms with Crippen molar-refractivity contribution in [2.75, 3.05) is 23.7 Å². The van der Waals surface area contributed by atoms with E-state index < -0.39 is 5.91 Å². The molecule has 4 N–H and O–H groups in total. The first-order valence-corrected chi connectivity index (χ1v) is 10.1. The monoisotopic (exact) mass is 430 g/mol. The molecule has 1 fully saturated rings. The Hall–Kier alpha value is -4.27. The number of carbonyl (C=O) groups is 3. The van der Waals surface area contributed by atoms with E-state index in [1.165, 1.54) is 6.08 Å². The highest BCUT2D eigenvalue weighted by Crippen LogP contribution is 2.20. The van der Waals surface area contributed by atoms with E-state index in [1.807, 2.05) is 0 Å². The van der Waals surface area contributed by atoms with Crippen LogP contribution in [0.2, 0.25) is 0 Å². The summed E-state index contributed by atoms with van der Waals surface area (Å²) in [6.07, 6.45) is 3.62. The SMILES string of the molecule is C=CC(=O)Nc1ccc(C(=O)N2CCC(Nc3ncc4ccc(C(N)=O)cc4n3)C2)cc1. The van der Waals surface area contributed by atoms with Crippen LogP contribution in [0.4, 0.5) is 11.6 Å². The molecule has 9 heteroatoms. The van der Waals surface area contributed by atoms with Gasteiger partial charge in [0.1, 0.15) is 0 Å². The minimum absolute atomic E-state index is 0.00174. The Morgan fingerprint density at radius 1 is 1.12 bits per heavy atom. The van der Waals surface area contributed by atoms with Crippen LogP contribution in [0.15, 0.2) is 61.3 Å². The Balaban J connectivity index is 1.40. The fourth-order valence-electron chi connectivity index (χ4n) is 3.56. The summed E-state index contributed by atoms with van der Waals surface area (Å²) in [6.45, 7) is 4.52. The maximum absolute atomic E-state index is 12.8. The second-order valence-corrected chi connectivity index (χ2v) is 7.48. The number of nitrogens with two attached hydrogens (primary N) is 1. The summed E-state index contributed by atoms with van der Waals surface area (Å²) in [6, 6.07) is 11.8. The molecule has 1 saturated heterocycles. The molecule has 0 aliphatic carbocycles. The van der Waals surface area contributed by atoms with Crippen molar-refractivity contribution < 1.29 is 14.4 Å². The van der Waals surface area contributed by atoms with Crippen molar-refractivity contribution in [3.63, 3.8) is 0 Å². The Labute approximate surface area is 184 Å². The highest BCUT2D eigenvalue weighted by Gasteiger charge is 2.27. The van der Waals surface area contributed by atoms with Crippen molar-refractivity contribution in [3.8, 4) is 0 Å². The van der Waals surface area contributed by atoms with E-state index in [9.17, 15) is 14.4 Å². The minimum atomic E-state index is -0.513. The van der Waals surface area contributed by atoms with E-state index >= 15 is 0 Å². The van der Waals surface area contributed by atoms with Crippen LogP contribution in [0.3, 0.4) is 0 Å². The molecule has 162 valence electrons. The third-order valence-corrected chi connectivity index (χ3v) is 5.26. The molecule has 0 spiro atoms. The van der Waals surface area contributed by atoms with Gasteiger partial charge in [0.25, 0.3) is 5.91 Å². The lowest BCUT2D eigenvalue weighted by molar-refractivity contribution is -0.111. The summed E-state index contributed by atoms with van der Waals surface area (Å²) in [4.78, 5) is 46.2. The lowest BCUT2D eigenvalue weighted by atomic mass is 10.1. The molecule has 1 atom stereocenters. The average molecular weight is 430 g/mol. The topological polar surface area (TPSA) is 130 Å². The molecule has 3 amide bonds. The van der Waals surface area contributed by atoms with Crippen LogP contribution < -0.4 is 16.4 Å². The predicted molar refractivity (Wildman–Crippen MR) is 121 cm³/mol. The van der Waals surface area contributed by atoms with Crippen molar-refractivity contribution in [1.29, 1.82) is 0 Å². The van der Waals surface area contributed by atoms with Crippen LogP contribution in [0.25, 0.3) is 10.9 Å². The standard InChI is InChI=1S/C23H22N6O3/c1-2-20(30)26-17-7-5-14(6-8-17)22(32)29-10-9-18(13-29)27-23-25-12-16-4-3-15(21(24)31)11-19(16)28-23/h2-8,11-12,18H,1,9-10,13H2,(H2,24,31)(H,26,30)(H,25,27,28). The normalized spacial score (nSPS) is 15.4. The van der Waals surface area contributed by atoms with Crippen molar-refractivity contribution in [1.82, 2.24) is 14.9 Å². The van der Waals surface area contributed by atoms with Gasteiger partial charge in [0.15, 0.2) is 0 Å². The minimum Gasteiger partial charge on any atom is -0.366 e. The molecular weight excluding hydrogens is 408 g/mol. The van der Waals surface area contributed by atoms with Gasteiger partial charge in [-0.15, -0.1) is 0 Å². The molecule has 1 unspecified atom stereocenters. The number of hydrogen-bond donors (Lipinski definition) is 3. The van der Waals surface area contributed by atoms with Gasteiger partial charge in [-0.3, -0.25) is 14.4 Å². The molecule has 3 aromatic rings. The largest absolute Gasteiger partial charge is 0.366 e. The molecule has 32 heavy (non-hydrogen) atoms. The molecule has 9 nitrogen and oxygen atoms in total. The molecule has 0 saturated carbocycles. The first-order valence-electron chi connectivity index (χ1n) is 10.1. The summed E-state index contributed by atoms with van der Waals surface area (Å²) in [7, 11) is 0. The molecule has 2 aromatic carbocycles. The van der Waals surface area contributed by atoms with E-state index in [0.29, 0.717) is 41.4 Å². The number of likely N-dealkylation sites (tertiary alicyclic amines) is 1. The zero-order valence-electron chi connectivity index (χ0n) is 17.2. The van der Waals surface area contributed by atoms with Gasteiger partial charge in [-0.25, -0.2) is 9.97 Å². The highest BCUT2D eigenvalue weighted by atomic mass is 16.2. The maximum atomic E-state index is 12.8. The van der Waals surface area contributed by atoms with E-state index in [-0.39, 0.29) is 17.9 Å². The number of rotatable bonds is 6. The third kappa shape index (κ3) is 4.56. The molecule has 1 aromatic heterocycles. The quantitative estimate of drug-likeness (QED) is 0.514. The van der Waals surface area contributed by atoms with E-state index in [1.54, 1.807) is 53.6 Å². The van der Waals surface area contributed by atoms with Gasteiger partial charge in [-0.1, -0.05) is 12.6 Å². The van der Waals surface area contributed by atoms with Gasteiger partial charge >= 0.3 is 0 Å². The first kappa shape index (κ1) is 21.0. The van der Waals surface area contributed by atoms with Crippen molar-refractivity contribution in [3.05, 3.63) is 72.4 Å². The maximum Gasteiger partial charge on any atom is 0.253 e. The number of nitrogens with one attached hydrogen (secondary N) is 2. The summed E-state index contributed by atoms with van der Waals surface area (Å²) < 4.78 is 0. The number of amides is 3. The van der Waals surface area contributed by atoms with Crippen LogP contribution in [0, 0.1) is 0 Å². The lowest BCUT2D eigenvalue weighted by Crippen LogP contribution is -2.31. The van der Waals surface area contributed by atoms with Crippen LogP contribution in [0.1, 0.15) is 27.1 Å². The zero-order chi connectivity index (χ0) is 22.7. The summed E-state index contributed by atoms with van der Waals surface area (Å²) in [5.41, 5.74) is 7.49. The number of fused-ring (bicyclic) bond motifs is 1. The van der Waals surface area contributed by atoms with Gasteiger partial charge in [-0.05, 0) is 48.9 Å². The molecular formula is C23H22N6O3. The van der Waals surface area contributed by atoms with Crippen molar-refractivity contribution in [2.24, 2.45) is 5.73 Å². The van der Waals surface area contributed by atoms with Gasteiger partial charge in [-0.2, -0.15) is 0 Å². The first-order chi connectivity index (χ1) is 15.4. The van der Waals surface area contributed by atoms with Crippen molar-refractivity contribution in [2.45, 2.75) is 12.5 Å². The number of primary amides is 1.